The lowest BCUT2D eigenvalue weighted by Crippen LogP contribution is -2.55. The summed E-state index contributed by atoms with van der Waals surface area (Å²) in [6.07, 6.45) is 0. The molecule has 0 fully saturated rings. The molecule has 1 aromatic rings. The van der Waals surface area contributed by atoms with E-state index in [1.54, 1.807) is 30.3 Å². The first-order valence-corrected chi connectivity index (χ1v) is 8.57. The monoisotopic (exact) mass is 385 g/mol. The normalized spacial score (nSPS) is 19.5. The molecule has 25 heavy (non-hydrogen) atoms. The summed E-state index contributed by atoms with van der Waals surface area (Å²) < 4.78 is 0. The molecule has 1 aliphatic heterocycles. The Morgan fingerprint density at radius 1 is 1.28 bits per heavy atom. The number of thioether (sulfide) groups is 1. The minimum absolute atomic E-state index is 0.0743. The SMILES string of the molecule is N[C@@H](C(=O)N[C@H](C(=O)O)[C@@H]1NC(C(=O)O)=C(Cl)CS1)c1ccccc1. The first-order chi connectivity index (χ1) is 11.8. The standard InChI is InChI=1S/C15H16ClN3O5S/c16-8-6-25-13(19-10(8)14(21)22)11(15(23)24)18-12(20)9(17)7-4-2-1-3-5-7/h1-5,9,11,13,19H,6,17H2,(H,18,20)(H,21,22)(H,23,24)/t9-,11+,13-/m1/s1. The Kier molecular flexibility index (Phi) is 6.29. The van der Waals surface area contributed by atoms with Gasteiger partial charge in [0, 0.05) is 5.75 Å². The largest absolute Gasteiger partial charge is 0.480 e. The zero-order valence-electron chi connectivity index (χ0n) is 12.8. The van der Waals surface area contributed by atoms with Crippen LogP contribution in [0.2, 0.25) is 0 Å². The molecule has 6 N–H and O–H groups in total. The van der Waals surface area contributed by atoms with Gasteiger partial charge in [0.25, 0.3) is 0 Å². The smallest absolute Gasteiger partial charge is 0.353 e. The van der Waals surface area contributed by atoms with Crippen LogP contribution < -0.4 is 16.4 Å². The highest BCUT2D eigenvalue weighted by atomic mass is 35.5. The fourth-order valence-electron chi connectivity index (χ4n) is 2.18. The average molecular weight is 386 g/mol. The second-order valence-electron chi connectivity index (χ2n) is 5.17. The molecular weight excluding hydrogens is 370 g/mol. The number of nitrogens with one attached hydrogen (secondary N) is 2. The predicted molar refractivity (Wildman–Crippen MR) is 92.8 cm³/mol. The summed E-state index contributed by atoms with van der Waals surface area (Å²) in [5.41, 5.74) is 6.11. The quantitative estimate of drug-likeness (QED) is 0.475. The maximum atomic E-state index is 12.3. The van der Waals surface area contributed by atoms with Crippen LogP contribution in [0.1, 0.15) is 11.6 Å². The van der Waals surface area contributed by atoms with Gasteiger partial charge in [-0.2, -0.15) is 0 Å². The van der Waals surface area contributed by atoms with Crippen molar-refractivity contribution < 1.29 is 24.6 Å². The van der Waals surface area contributed by atoms with Crippen LogP contribution in [0.4, 0.5) is 0 Å². The number of carboxylic acids is 2. The Hall–Kier alpha value is -2.23. The number of nitrogens with two attached hydrogens (primary N) is 1. The summed E-state index contributed by atoms with van der Waals surface area (Å²) >= 11 is 6.90. The van der Waals surface area contributed by atoms with E-state index in [9.17, 15) is 19.5 Å². The first kappa shape index (κ1) is 19.1. The van der Waals surface area contributed by atoms with E-state index in [1.807, 2.05) is 0 Å². The van der Waals surface area contributed by atoms with E-state index < -0.39 is 35.3 Å². The average Bonchev–Trinajstić information content (AvgIpc) is 2.59. The molecule has 134 valence electrons. The molecule has 1 amide bonds. The van der Waals surface area contributed by atoms with E-state index in [-0.39, 0.29) is 16.5 Å². The van der Waals surface area contributed by atoms with Gasteiger partial charge in [-0.25, -0.2) is 9.59 Å². The van der Waals surface area contributed by atoms with Gasteiger partial charge in [0.2, 0.25) is 5.91 Å². The fraction of sp³-hybridized carbons (Fsp3) is 0.267. The Bertz CT molecular complexity index is 712. The molecule has 0 bridgehead atoms. The zero-order chi connectivity index (χ0) is 18.6. The van der Waals surface area contributed by atoms with Gasteiger partial charge in [-0.05, 0) is 5.56 Å². The van der Waals surface area contributed by atoms with Gasteiger partial charge in [-0.1, -0.05) is 41.9 Å². The van der Waals surface area contributed by atoms with Gasteiger partial charge in [0.05, 0.1) is 5.03 Å². The molecule has 0 radical (unpaired) electrons. The van der Waals surface area contributed by atoms with Crippen molar-refractivity contribution in [2.45, 2.75) is 17.5 Å². The maximum Gasteiger partial charge on any atom is 0.353 e. The lowest BCUT2D eigenvalue weighted by molar-refractivity contribution is -0.142. The number of carboxylic acid groups (broad SMARTS) is 2. The fourth-order valence-corrected chi connectivity index (χ4v) is 3.55. The number of carbonyl (C=O) groups is 3. The molecule has 1 aliphatic rings. The molecule has 8 nitrogen and oxygen atoms in total. The Morgan fingerprint density at radius 3 is 2.48 bits per heavy atom. The van der Waals surface area contributed by atoms with E-state index in [1.165, 1.54) is 0 Å². The van der Waals surface area contributed by atoms with Crippen LogP contribution in [0.25, 0.3) is 0 Å². The van der Waals surface area contributed by atoms with Crippen molar-refractivity contribution in [3.05, 3.63) is 46.6 Å². The van der Waals surface area contributed by atoms with Crippen molar-refractivity contribution in [2.75, 3.05) is 5.75 Å². The molecule has 0 saturated carbocycles. The van der Waals surface area contributed by atoms with E-state index in [2.05, 4.69) is 10.6 Å². The van der Waals surface area contributed by atoms with Crippen molar-refractivity contribution in [1.82, 2.24) is 10.6 Å². The van der Waals surface area contributed by atoms with E-state index in [0.717, 1.165) is 11.8 Å². The number of benzene rings is 1. The molecule has 0 spiro atoms. The number of hydrogen-bond donors (Lipinski definition) is 5. The van der Waals surface area contributed by atoms with Crippen molar-refractivity contribution in [1.29, 1.82) is 0 Å². The van der Waals surface area contributed by atoms with Crippen LogP contribution in [-0.2, 0) is 14.4 Å². The highest BCUT2D eigenvalue weighted by molar-refractivity contribution is 8.00. The maximum absolute atomic E-state index is 12.3. The molecule has 0 unspecified atom stereocenters. The van der Waals surface area contributed by atoms with E-state index >= 15 is 0 Å². The van der Waals surface area contributed by atoms with Gasteiger partial charge >= 0.3 is 11.9 Å². The van der Waals surface area contributed by atoms with Gasteiger partial charge < -0.3 is 26.6 Å². The third kappa shape index (κ3) is 4.65. The number of hydrogen-bond acceptors (Lipinski definition) is 6. The number of carbonyl (C=O) groups excluding carboxylic acids is 1. The number of halogens is 1. The van der Waals surface area contributed by atoms with Gasteiger partial charge in [0.1, 0.15) is 17.1 Å². The van der Waals surface area contributed by atoms with Crippen molar-refractivity contribution in [3.8, 4) is 0 Å². The summed E-state index contributed by atoms with van der Waals surface area (Å²) in [4.78, 5) is 35.0. The minimum Gasteiger partial charge on any atom is -0.480 e. The Balaban J connectivity index is 2.13. The highest BCUT2D eigenvalue weighted by Crippen LogP contribution is 2.27. The second kappa shape index (κ2) is 8.24. The second-order valence-corrected chi connectivity index (χ2v) is 6.76. The molecule has 2 rings (SSSR count). The summed E-state index contributed by atoms with van der Waals surface area (Å²) in [6.45, 7) is 0. The summed E-state index contributed by atoms with van der Waals surface area (Å²) in [5, 5.41) is 22.6. The van der Waals surface area contributed by atoms with Gasteiger partial charge in [-0.15, -0.1) is 11.8 Å². The predicted octanol–water partition coefficient (Wildman–Crippen LogP) is 0.453. The molecule has 3 atom stereocenters. The van der Waals surface area contributed by atoms with E-state index in [4.69, 9.17) is 22.4 Å². The molecule has 0 saturated heterocycles. The minimum atomic E-state index is -1.38. The van der Waals surface area contributed by atoms with Crippen molar-refractivity contribution in [3.63, 3.8) is 0 Å². The summed E-state index contributed by atoms with van der Waals surface area (Å²) in [5.74, 6) is -3.18. The first-order valence-electron chi connectivity index (χ1n) is 7.15. The molecule has 1 aromatic carbocycles. The lowest BCUT2D eigenvalue weighted by Gasteiger charge is -2.30. The molecule has 1 heterocycles. The Morgan fingerprint density at radius 2 is 1.92 bits per heavy atom. The van der Waals surface area contributed by atoms with Crippen molar-refractivity contribution >= 4 is 41.2 Å². The number of rotatable bonds is 6. The van der Waals surface area contributed by atoms with Crippen LogP contribution in [0.15, 0.2) is 41.1 Å². The Labute approximate surface area is 152 Å². The zero-order valence-corrected chi connectivity index (χ0v) is 14.4. The van der Waals surface area contributed by atoms with Crippen LogP contribution in [0, 0.1) is 0 Å². The third-order valence-corrected chi connectivity index (χ3v) is 5.15. The van der Waals surface area contributed by atoms with Crippen LogP contribution in [0.3, 0.4) is 0 Å². The van der Waals surface area contributed by atoms with E-state index in [0.29, 0.717) is 5.56 Å². The van der Waals surface area contributed by atoms with Crippen LogP contribution >= 0.6 is 23.4 Å². The van der Waals surface area contributed by atoms with Gasteiger partial charge in [0.15, 0.2) is 6.04 Å². The molecule has 0 aliphatic carbocycles. The van der Waals surface area contributed by atoms with Gasteiger partial charge in [-0.3, -0.25) is 4.79 Å². The van der Waals surface area contributed by atoms with Crippen molar-refractivity contribution in [2.24, 2.45) is 5.73 Å². The molecular formula is C15H16ClN3O5S. The lowest BCUT2D eigenvalue weighted by atomic mass is 10.1. The number of aliphatic carboxylic acids is 2. The third-order valence-electron chi connectivity index (χ3n) is 3.47. The summed E-state index contributed by atoms with van der Waals surface area (Å²) in [6, 6.07) is 6.06. The topological polar surface area (TPSA) is 142 Å². The molecule has 0 aromatic heterocycles. The van der Waals surface area contributed by atoms with Crippen LogP contribution in [-0.4, -0.2) is 45.2 Å². The van der Waals surface area contributed by atoms with Crippen LogP contribution in [0.5, 0.6) is 0 Å². The molecule has 10 heteroatoms. The summed E-state index contributed by atoms with van der Waals surface area (Å²) in [7, 11) is 0. The number of amides is 1. The highest BCUT2D eigenvalue weighted by Gasteiger charge is 2.36.